The molecular formula is C24H33N5O3. The zero-order valence-corrected chi connectivity index (χ0v) is 19.3. The van der Waals surface area contributed by atoms with E-state index in [1.807, 2.05) is 6.07 Å². The number of rotatable bonds is 6. The summed E-state index contributed by atoms with van der Waals surface area (Å²) in [5.74, 6) is 1.77. The zero-order valence-electron chi connectivity index (χ0n) is 19.3. The molecule has 0 spiro atoms. The second-order valence-electron chi connectivity index (χ2n) is 9.37. The Bertz CT molecular complexity index is 966. The lowest BCUT2D eigenvalue weighted by atomic mass is 9.80. The summed E-state index contributed by atoms with van der Waals surface area (Å²) in [4.78, 5) is 34.0. The molecule has 2 fully saturated rings. The van der Waals surface area contributed by atoms with E-state index in [1.54, 1.807) is 49.3 Å². The topological polar surface area (TPSA) is 91.6 Å². The van der Waals surface area contributed by atoms with Crippen molar-refractivity contribution in [3.63, 3.8) is 0 Å². The van der Waals surface area contributed by atoms with Gasteiger partial charge >= 0.3 is 0 Å². The van der Waals surface area contributed by atoms with Gasteiger partial charge in [0.15, 0.2) is 0 Å². The summed E-state index contributed by atoms with van der Waals surface area (Å²) in [5, 5.41) is 7.31. The molecule has 1 aliphatic carbocycles. The number of amides is 2. The molecule has 3 heterocycles. The van der Waals surface area contributed by atoms with Crippen molar-refractivity contribution < 1.29 is 14.1 Å². The second-order valence-corrected chi connectivity index (χ2v) is 9.37. The molecule has 8 heteroatoms. The lowest BCUT2D eigenvalue weighted by molar-refractivity contribution is -0.139. The lowest BCUT2D eigenvalue weighted by Gasteiger charge is -2.30. The van der Waals surface area contributed by atoms with Crippen molar-refractivity contribution in [3.8, 4) is 0 Å². The fourth-order valence-corrected chi connectivity index (χ4v) is 5.13. The van der Waals surface area contributed by atoms with Crippen LogP contribution in [-0.2, 0) is 11.2 Å². The molecule has 2 aliphatic rings. The molecule has 0 aromatic carbocycles. The maximum absolute atomic E-state index is 13.3. The highest BCUT2D eigenvalue weighted by Gasteiger charge is 2.47. The van der Waals surface area contributed by atoms with E-state index in [1.165, 1.54) is 19.3 Å². The van der Waals surface area contributed by atoms with E-state index in [4.69, 9.17) is 4.52 Å². The van der Waals surface area contributed by atoms with Gasteiger partial charge in [0.25, 0.3) is 5.91 Å². The molecule has 4 rings (SSSR count). The first-order valence-electron chi connectivity index (χ1n) is 11.5. The number of carbonyl (C=O) groups is 2. The average molecular weight is 440 g/mol. The normalized spacial score (nSPS) is 21.5. The highest BCUT2D eigenvalue weighted by molar-refractivity contribution is 5.96. The van der Waals surface area contributed by atoms with Crippen molar-refractivity contribution in [2.45, 2.75) is 50.9 Å². The minimum Gasteiger partial charge on any atom is -0.373 e. The molecule has 1 N–H and O–H groups in total. The monoisotopic (exact) mass is 439 g/mol. The van der Waals surface area contributed by atoms with Gasteiger partial charge in [0.1, 0.15) is 11.6 Å². The number of nitrogens with one attached hydrogen (secondary N) is 1. The molecule has 172 valence electrons. The Balaban J connectivity index is 1.53. The molecular weight excluding hydrogens is 406 g/mol. The van der Waals surface area contributed by atoms with Crippen LogP contribution in [-0.4, -0.2) is 66.0 Å². The van der Waals surface area contributed by atoms with E-state index in [2.05, 4.69) is 15.5 Å². The van der Waals surface area contributed by atoms with Gasteiger partial charge in [-0.1, -0.05) is 24.4 Å². The molecule has 2 aromatic rings. The first-order chi connectivity index (χ1) is 15.4. The van der Waals surface area contributed by atoms with Gasteiger partial charge < -0.3 is 19.6 Å². The van der Waals surface area contributed by atoms with Crippen molar-refractivity contribution in [3.05, 3.63) is 41.4 Å². The molecule has 2 aromatic heterocycles. The molecule has 1 unspecified atom stereocenters. The van der Waals surface area contributed by atoms with Gasteiger partial charge in [-0.3, -0.25) is 9.59 Å². The van der Waals surface area contributed by atoms with Crippen LogP contribution in [0.25, 0.3) is 0 Å². The van der Waals surface area contributed by atoms with Crippen molar-refractivity contribution in [1.82, 2.24) is 19.9 Å². The summed E-state index contributed by atoms with van der Waals surface area (Å²) >= 11 is 0. The van der Waals surface area contributed by atoms with Crippen LogP contribution in [0.2, 0.25) is 0 Å². The van der Waals surface area contributed by atoms with E-state index < -0.39 is 5.41 Å². The maximum atomic E-state index is 13.3. The Morgan fingerprint density at radius 3 is 2.75 bits per heavy atom. The molecule has 32 heavy (non-hydrogen) atoms. The van der Waals surface area contributed by atoms with Crippen molar-refractivity contribution >= 4 is 17.6 Å². The van der Waals surface area contributed by atoms with E-state index in [0.29, 0.717) is 43.2 Å². The third-order valence-corrected chi connectivity index (χ3v) is 6.88. The largest absolute Gasteiger partial charge is 0.373 e. The third kappa shape index (κ3) is 4.49. The van der Waals surface area contributed by atoms with Gasteiger partial charge in [-0.05, 0) is 31.4 Å². The van der Waals surface area contributed by atoms with Crippen LogP contribution in [0.4, 0.5) is 5.82 Å². The zero-order chi connectivity index (χ0) is 22.7. The second kappa shape index (κ2) is 9.30. The number of nitrogens with zero attached hydrogens (tertiary/aromatic N) is 4. The van der Waals surface area contributed by atoms with Crippen LogP contribution in [0.15, 0.2) is 28.9 Å². The number of aromatic nitrogens is 2. The standard InChI is InChI=1S/C24H33N5O3/c1-25-21-13-18(9-11-26-21)22(30)29-12-10-24(16-29,23(31)28(2)3)15-19-14-20(27-32-19)17-7-5-4-6-8-17/h9,11,13-14,17H,4-8,10,12,15-16H2,1-3H3,(H,25,26). The summed E-state index contributed by atoms with van der Waals surface area (Å²) in [6.07, 6.45) is 8.72. The smallest absolute Gasteiger partial charge is 0.254 e. The number of likely N-dealkylation sites (tertiary alicyclic amines) is 1. The van der Waals surface area contributed by atoms with Crippen LogP contribution in [0.3, 0.4) is 0 Å². The molecule has 0 radical (unpaired) electrons. The SMILES string of the molecule is CNc1cc(C(=O)N2CCC(Cc3cc(C4CCCCC4)no3)(C(=O)N(C)C)C2)ccn1. The lowest BCUT2D eigenvalue weighted by Crippen LogP contribution is -2.44. The summed E-state index contributed by atoms with van der Waals surface area (Å²) in [7, 11) is 5.31. The fourth-order valence-electron chi connectivity index (χ4n) is 5.13. The van der Waals surface area contributed by atoms with Crippen molar-refractivity contribution in [2.24, 2.45) is 5.41 Å². The highest BCUT2D eigenvalue weighted by Crippen LogP contribution is 2.38. The van der Waals surface area contributed by atoms with Crippen LogP contribution in [0.5, 0.6) is 0 Å². The average Bonchev–Trinajstić information content (AvgIpc) is 3.47. The minimum atomic E-state index is -0.707. The summed E-state index contributed by atoms with van der Waals surface area (Å²) < 4.78 is 5.70. The molecule has 0 bridgehead atoms. The molecule has 1 saturated carbocycles. The minimum absolute atomic E-state index is 0.0223. The third-order valence-electron chi connectivity index (χ3n) is 6.88. The van der Waals surface area contributed by atoms with Crippen molar-refractivity contribution in [1.29, 1.82) is 0 Å². The number of carbonyl (C=O) groups excluding carboxylic acids is 2. The Morgan fingerprint density at radius 2 is 2.03 bits per heavy atom. The summed E-state index contributed by atoms with van der Waals surface area (Å²) in [5.41, 5.74) is 0.868. The van der Waals surface area contributed by atoms with E-state index in [0.717, 1.165) is 24.3 Å². The molecule has 1 atom stereocenters. The van der Waals surface area contributed by atoms with Crippen LogP contribution in [0, 0.1) is 5.41 Å². The van der Waals surface area contributed by atoms with Gasteiger partial charge in [0.2, 0.25) is 5.91 Å². The Morgan fingerprint density at radius 1 is 1.25 bits per heavy atom. The Hall–Kier alpha value is -2.90. The van der Waals surface area contributed by atoms with Gasteiger partial charge in [0.05, 0.1) is 11.1 Å². The van der Waals surface area contributed by atoms with Crippen LogP contribution >= 0.6 is 0 Å². The van der Waals surface area contributed by atoms with Gasteiger partial charge in [0, 0.05) is 64.4 Å². The van der Waals surface area contributed by atoms with E-state index >= 15 is 0 Å². The Labute approximate surface area is 189 Å². The number of pyridine rings is 1. The molecule has 1 saturated heterocycles. The fraction of sp³-hybridized carbons (Fsp3) is 0.583. The van der Waals surface area contributed by atoms with Crippen LogP contribution in [0.1, 0.15) is 66.3 Å². The Kier molecular flexibility index (Phi) is 6.48. The van der Waals surface area contributed by atoms with Gasteiger partial charge in [-0.25, -0.2) is 4.98 Å². The van der Waals surface area contributed by atoms with E-state index in [9.17, 15) is 9.59 Å². The number of hydrogen-bond donors (Lipinski definition) is 1. The summed E-state index contributed by atoms with van der Waals surface area (Å²) in [6, 6.07) is 5.49. The predicted octanol–water partition coefficient (Wildman–Crippen LogP) is 3.32. The highest BCUT2D eigenvalue weighted by atomic mass is 16.5. The van der Waals surface area contributed by atoms with Gasteiger partial charge in [-0.15, -0.1) is 0 Å². The number of anilines is 1. The maximum Gasteiger partial charge on any atom is 0.254 e. The number of hydrogen-bond acceptors (Lipinski definition) is 6. The summed E-state index contributed by atoms with van der Waals surface area (Å²) in [6.45, 7) is 0.888. The predicted molar refractivity (Wildman–Crippen MR) is 121 cm³/mol. The van der Waals surface area contributed by atoms with Crippen LogP contribution < -0.4 is 5.32 Å². The molecule has 1 aliphatic heterocycles. The molecule has 8 nitrogen and oxygen atoms in total. The molecule has 2 amide bonds. The van der Waals surface area contributed by atoms with Crippen molar-refractivity contribution in [2.75, 3.05) is 39.5 Å². The first-order valence-corrected chi connectivity index (χ1v) is 11.5. The van der Waals surface area contributed by atoms with E-state index in [-0.39, 0.29) is 11.8 Å². The van der Waals surface area contributed by atoms with Gasteiger partial charge in [-0.2, -0.15) is 0 Å². The quantitative estimate of drug-likeness (QED) is 0.742. The first kappa shape index (κ1) is 22.3.